The summed E-state index contributed by atoms with van der Waals surface area (Å²) in [5, 5.41) is 7.29. The van der Waals surface area contributed by atoms with E-state index in [2.05, 4.69) is 24.7 Å². The van der Waals surface area contributed by atoms with Gasteiger partial charge in [0, 0.05) is 31.3 Å². The molecule has 90 valence electrons. The van der Waals surface area contributed by atoms with E-state index in [-0.39, 0.29) is 0 Å². The van der Waals surface area contributed by atoms with Gasteiger partial charge in [-0.2, -0.15) is 5.10 Å². The number of aryl methyl sites for hydroxylation is 3. The van der Waals surface area contributed by atoms with Crippen molar-refractivity contribution in [1.29, 1.82) is 0 Å². The highest BCUT2D eigenvalue weighted by atomic mass is 15.2. The summed E-state index contributed by atoms with van der Waals surface area (Å²) in [5.41, 5.74) is 0. The maximum Gasteiger partial charge on any atom is 0.153 e. The van der Waals surface area contributed by atoms with Crippen molar-refractivity contribution in [1.82, 2.24) is 24.7 Å². The number of H-pyrrole nitrogens is 1. The molecule has 0 amide bonds. The Balaban J connectivity index is 1.51. The van der Waals surface area contributed by atoms with E-state index < -0.39 is 0 Å². The summed E-state index contributed by atoms with van der Waals surface area (Å²) >= 11 is 0. The first-order chi connectivity index (χ1) is 8.33. The maximum atomic E-state index is 4.52. The van der Waals surface area contributed by atoms with Crippen molar-refractivity contribution in [2.24, 2.45) is 0 Å². The van der Waals surface area contributed by atoms with E-state index in [1.54, 1.807) is 0 Å². The molecule has 2 aromatic rings. The number of imidazole rings is 1. The molecule has 5 heteroatoms. The van der Waals surface area contributed by atoms with Gasteiger partial charge in [-0.3, -0.25) is 5.10 Å². The zero-order valence-corrected chi connectivity index (χ0v) is 10.1. The number of rotatable bonds is 5. The summed E-state index contributed by atoms with van der Waals surface area (Å²) in [6, 6.07) is 0. The maximum absolute atomic E-state index is 4.52. The number of nitrogens with zero attached hydrogens (tertiary/aromatic N) is 4. The Labute approximate surface area is 100 Å². The van der Waals surface area contributed by atoms with E-state index in [9.17, 15) is 0 Å². The van der Waals surface area contributed by atoms with Gasteiger partial charge < -0.3 is 4.57 Å². The lowest BCUT2D eigenvalue weighted by Crippen LogP contribution is -2.01. The van der Waals surface area contributed by atoms with E-state index in [0.29, 0.717) is 5.92 Å². The summed E-state index contributed by atoms with van der Waals surface area (Å²) in [6.45, 7) is 3.02. The third kappa shape index (κ3) is 2.38. The van der Waals surface area contributed by atoms with Crippen molar-refractivity contribution < 1.29 is 0 Å². The van der Waals surface area contributed by atoms with Crippen molar-refractivity contribution in [2.75, 3.05) is 0 Å². The van der Waals surface area contributed by atoms with Crippen LogP contribution in [0.5, 0.6) is 0 Å². The zero-order valence-electron chi connectivity index (χ0n) is 10.1. The first-order valence-electron chi connectivity index (χ1n) is 6.22. The smallest absolute Gasteiger partial charge is 0.153 e. The van der Waals surface area contributed by atoms with Crippen LogP contribution in [-0.2, 0) is 13.0 Å². The number of aromatic nitrogens is 5. The van der Waals surface area contributed by atoms with Crippen LogP contribution in [-0.4, -0.2) is 24.7 Å². The Hall–Kier alpha value is -1.65. The molecule has 0 atom stereocenters. The molecule has 17 heavy (non-hydrogen) atoms. The topological polar surface area (TPSA) is 59.4 Å². The molecule has 5 nitrogen and oxygen atoms in total. The van der Waals surface area contributed by atoms with Gasteiger partial charge in [0.15, 0.2) is 5.82 Å². The molecule has 0 saturated heterocycles. The minimum absolute atomic E-state index is 0.635. The number of hydrogen-bond acceptors (Lipinski definition) is 3. The van der Waals surface area contributed by atoms with Crippen LogP contribution in [0.2, 0.25) is 0 Å². The van der Waals surface area contributed by atoms with Gasteiger partial charge in [-0.1, -0.05) is 0 Å². The quantitative estimate of drug-likeness (QED) is 0.853. The fourth-order valence-electron chi connectivity index (χ4n) is 2.00. The third-order valence-electron chi connectivity index (χ3n) is 3.23. The van der Waals surface area contributed by atoms with Gasteiger partial charge >= 0.3 is 0 Å². The van der Waals surface area contributed by atoms with Crippen molar-refractivity contribution in [3.05, 3.63) is 29.9 Å². The number of hydrogen-bond donors (Lipinski definition) is 1. The largest absolute Gasteiger partial charge is 0.335 e. The van der Waals surface area contributed by atoms with Crippen LogP contribution in [0.4, 0.5) is 0 Å². The predicted octanol–water partition coefficient (Wildman–Crippen LogP) is 1.82. The second-order valence-corrected chi connectivity index (χ2v) is 4.69. The highest BCUT2D eigenvalue weighted by Crippen LogP contribution is 2.37. The van der Waals surface area contributed by atoms with E-state index in [4.69, 9.17) is 0 Å². The van der Waals surface area contributed by atoms with Crippen LogP contribution >= 0.6 is 0 Å². The van der Waals surface area contributed by atoms with E-state index >= 15 is 0 Å². The van der Waals surface area contributed by atoms with Gasteiger partial charge in [0.25, 0.3) is 0 Å². The Morgan fingerprint density at radius 2 is 2.35 bits per heavy atom. The first-order valence-corrected chi connectivity index (χ1v) is 6.22. The summed E-state index contributed by atoms with van der Waals surface area (Å²) in [7, 11) is 0. The molecule has 1 fully saturated rings. The molecular formula is C12H17N5. The number of aromatic amines is 1. The highest BCUT2D eigenvalue weighted by molar-refractivity contribution is 5.05. The van der Waals surface area contributed by atoms with Crippen LogP contribution < -0.4 is 0 Å². The molecule has 1 N–H and O–H groups in total. The third-order valence-corrected chi connectivity index (χ3v) is 3.23. The van der Waals surface area contributed by atoms with Crippen molar-refractivity contribution >= 4 is 0 Å². The Bertz CT molecular complexity index is 494. The highest BCUT2D eigenvalue weighted by Gasteiger charge is 2.27. The molecule has 0 aliphatic heterocycles. The molecule has 3 rings (SSSR count). The van der Waals surface area contributed by atoms with Gasteiger partial charge in [0.05, 0.1) is 0 Å². The van der Waals surface area contributed by atoms with E-state index in [0.717, 1.165) is 36.9 Å². The van der Waals surface area contributed by atoms with Gasteiger partial charge in [0.1, 0.15) is 11.6 Å². The molecule has 2 heterocycles. The normalized spacial score (nSPS) is 15.4. The summed E-state index contributed by atoms with van der Waals surface area (Å²) in [4.78, 5) is 8.73. The summed E-state index contributed by atoms with van der Waals surface area (Å²) in [6.07, 6.45) is 8.39. The molecule has 0 bridgehead atoms. The van der Waals surface area contributed by atoms with Crippen molar-refractivity contribution in [2.45, 2.75) is 45.1 Å². The van der Waals surface area contributed by atoms with E-state index in [1.165, 1.54) is 12.8 Å². The minimum Gasteiger partial charge on any atom is -0.335 e. The van der Waals surface area contributed by atoms with Gasteiger partial charge in [-0.15, -0.1) is 0 Å². The summed E-state index contributed by atoms with van der Waals surface area (Å²) in [5.74, 6) is 3.74. The lowest BCUT2D eigenvalue weighted by molar-refractivity contribution is 0.615. The standard InChI is InChI=1S/C12H17N5/c1-9-13-6-8-17(9)7-2-3-11-14-12(16-15-11)10-4-5-10/h6,8,10H,2-5,7H2,1H3,(H,14,15,16). The Morgan fingerprint density at radius 3 is 3.06 bits per heavy atom. The molecule has 0 unspecified atom stereocenters. The monoisotopic (exact) mass is 231 g/mol. The van der Waals surface area contributed by atoms with Crippen LogP contribution in [0.1, 0.15) is 42.7 Å². The van der Waals surface area contributed by atoms with Crippen molar-refractivity contribution in [3.8, 4) is 0 Å². The predicted molar refractivity (Wildman–Crippen MR) is 63.6 cm³/mol. The zero-order chi connectivity index (χ0) is 11.7. The Morgan fingerprint density at radius 1 is 1.47 bits per heavy atom. The number of nitrogens with one attached hydrogen (secondary N) is 1. The van der Waals surface area contributed by atoms with Crippen LogP contribution in [0.15, 0.2) is 12.4 Å². The summed E-state index contributed by atoms with van der Waals surface area (Å²) < 4.78 is 2.16. The van der Waals surface area contributed by atoms with Crippen LogP contribution in [0, 0.1) is 6.92 Å². The molecule has 1 aliphatic carbocycles. The van der Waals surface area contributed by atoms with E-state index in [1.807, 2.05) is 19.3 Å². The first kappa shape index (κ1) is 10.5. The van der Waals surface area contributed by atoms with Gasteiger partial charge in [-0.25, -0.2) is 9.97 Å². The molecule has 1 aliphatic rings. The molecule has 2 aromatic heterocycles. The van der Waals surface area contributed by atoms with Crippen molar-refractivity contribution in [3.63, 3.8) is 0 Å². The molecule has 0 radical (unpaired) electrons. The Kier molecular flexibility index (Phi) is 2.66. The fraction of sp³-hybridized carbons (Fsp3) is 0.583. The molecular weight excluding hydrogens is 214 g/mol. The van der Waals surface area contributed by atoms with Crippen LogP contribution in [0.3, 0.4) is 0 Å². The minimum atomic E-state index is 0.635. The average molecular weight is 231 g/mol. The van der Waals surface area contributed by atoms with Crippen LogP contribution in [0.25, 0.3) is 0 Å². The molecule has 0 spiro atoms. The fourth-order valence-corrected chi connectivity index (χ4v) is 2.00. The lowest BCUT2D eigenvalue weighted by atomic mass is 10.3. The second kappa shape index (κ2) is 4.31. The van der Waals surface area contributed by atoms with Gasteiger partial charge in [-0.05, 0) is 26.2 Å². The lowest BCUT2D eigenvalue weighted by Gasteiger charge is -2.02. The second-order valence-electron chi connectivity index (χ2n) is 4.69. The molecule has 1 saturated carbocycles. The SMILES string of the molecule is Cc1nccn1CCCc1nc(C2CC2)n[nH]1. The van der Waals surface area contributed by atoms with Gasteiger partial charge in [0.2, 0.25) is 0 Å². The average Bonchev–Trinajstić information content (AvgIpc) is 2.94. The molecule has 0 aromatic carbocycles.